The number of benzene rings is 1. The van der Waals surface area contributed by atoms with Crippen molar-refractivity contribution in [1.82, 2.24) is 14.8 Å². The van der Waals surface area contributed by atoms with Crippen LogP contribution in [0.25, 0.3) is 11.3 Å². The first-order valence-electron chi connectivity index (χ1n) is 5.38. The molecule has 92 valence electrons. The third-order valence-corrected chi connectivity index (χ3v) is 2.36. The highest BCUT2D eigenvalue weighted by atomic mass is 16.4. The minimum Gasteiger partial charge on any atom is -0.481 e. The van der Waals surface area contributed by atoms with Gasteiger partial charge in [-0.25, -0.2) is 9.48 Å². The zero-order valence-corrected chi connectivity index (χ0v) is 9.48. The fourth-order valence-electron chi connectivity index (χ4n) is 1.47. The molecule has 6 heteroatoms. The fraction of sp³-hybridized carbons (Fsp3) is 0.167. The van der Waals surface area contributed by atoms with E-state index >= 15 is 0 Å². The average molecular weight is 245 g/mol. The quantitative estimate of drug-likeness (QED) is 0.860. The molecule has 1 heterocycles. The number of carbonyl (C=O) groups is 1. The Balaban J connectivity index is 2.25. The Kier molecular flexibility index (Phi) is 3.47. The van der Waals surface area contributed by atoms with Crippen LogP contribution in [-0.2, 0) is 11.3 Å². The zero-order valence-electron chi connectivity index (χ0n) is 9.48. The fourth-order valence-corrected chi connectivity index (χ4v) is 1.47. The first-order valence-corrected chi connectivity index (χ1v) is 5.38. The van der Waals surface area contributed by atoms with Gasteiger partial charge in [0, 0.05) is 5.56 Å². The Morgan fingerprint density at radius 1 is 1.28 bits per heavy atom. The second-order valence-corrected chi connectivity index (χ2v) is 3.66. The van der Waals surface area contributed by atoms with Gasteiger partial charge in [-0.2, -0.15) is 10.1 Å². The van der Waals surface area contributed by atoms with Crippen LogP contribution in [0.2, 0.25) is 0 Å². The van der Waals surface area contributed by atoms with Gasteiger partial charge in [0.15, 0.2) is 0 Å². The van der Waals surface area contributed by atoms with Gasteiger partial charge in [-0.1, -0.05) is 30.3 Å². The van der Waals surface area contributed by atoms with E-state index in [-0.39, 0.29) is 13.0 Å². The molecule has 1 N–H and O–H groups in total. The SMILES string of the molecule is O=C(O)CCn1ncc(-c2ccccc2)nc1=O. The maximum Gasteiger partial charge on any atom is 0.364 e. The first-order chi connectivity index (χ1) is 8.66. The van der Waals surface area contributed by atoms with Gasteiger partial charge in [0.2, 0.25) is 0 Å². The third kappa shape index (κ3) is 2.79. The Hall–Kier alpha value is -2.50. The minimum atomic E-state index is -0.976. The molecule has 1 aromatic heterocycles. The second-order valence-electron chi connectivity index (χ2n) is 3.66. The second kappa shape index (κ2) is 5.22. The summed E-state index contributed by atoms with van der Waals surface area (Å²) in [4.78, 5) is 25.9. The smallest absolute Gasteiger partial charge is 0.364 e. The van der Waals surface area contributed by atoms with E-state index in [9.17, 15) is 9.59 Å². The van der Waals surface area contributed by atoms with Crippen molar-refractivity contribution < 1.29 is 9.90 Å². The lowest BCUT2D eigenvalue weighted by Gasteiger charge is -2.03. The lowest BCUT2D eigenvalue weighted by atomic mass is 10.2. The van der Waals surface area contributed by atoms with Crippen LogP contribution < -0.4 is 5.69 Å². The molecule has 0 unspecified atom stereocenters. The van der Waals surface area contributed by atoms with E-state index in [1.165, 1.54) is 6.20 Å². The molecule has 0 spiro atoms. The van der Waals surface area contributed by atoms with Crippen molar-refractivity contribution in [3.8, 4) is 11.3 Å². The van der Waals surface area contributed by atoms with E-state index < -0.39 is 11.7 Å². The maximum absolute atomic E-state index is 11.6. The number of hydrogen-bond donors (Lipinski definition) is 1. The summed E-state index contributed by atoms with van der Waals surface area (Å²) in [5.41, 5.74) is 0.734. The number of aliphatic carboxylic acids is 1. The van der Waals surface area contributed by atoms with Gasteiger partial charge >= 0.3 is 11.7 Å². The van der Waals surface area contributed by atoms with Gasteiger partial charge in [0.05, 0.1) is 24.9 Å². The summed E-state index contributed by atoms with van der Waals surface area (Å²) < 4.78 is 1.04. The van der Waals surface area contributed by atoms with Gasteiger partial charge in [-0.05, 0) is 0 Å². The highest BCUT2D eigenvalue weighted by molar-refractivity contribution is 5.66. The number of hydrogen-bond acceptors (Lipinski definition) is 4. The summed E-state index contributed by atoms with van der Waals surface area (Å²) in [5.74, 6) is -0.976. The van der Waals surface area contributed by atoms with E-state index in [1.807, 2.05) is 30.3 Å². The molecule has 1 aromatic carbocycles. The van der Waals surface area contributed by atoms with Gasteiger partial charge in [-0.3, -0.25) is 4.79 Å². The molecule has 0 radical (unpaired) electrons. The van der Waals surface area contributed by atoms with Crippen LogP contribution in [0, 0.1) is 0 Å². The highest BCUT2D eigenvalue weighted by Crippen LogP contribution is 2.12. The Morgan fingerprint density at radius 2 is 2.00 bits per heavy atom. The van der Waals surface area contributed by atoms with Gasteiger partial charge in [0.25, 0.3) is 0 Å². The summed E-state index contributed by atoms with van der Waals surface area (Å²) >= 11 is 0. The molecule has 0 amide bonds. The monoisotopic (exact) mass is 245 g/mol. The van der Waals surface area contributed by atoms with Crippen molar-refractivity contribution in [3.63, 3.8) is 0 Å². The van der Waals surface area contributed by atoms with Crippen molar-refractivity contribution in [3.05, 3.63) is 47.0 Å². The molecule has 2 aromatic rings. The molecule has 18 heavy (non-hydrogen) atoms. The van der Waals surface area contributed by atoms with Crippen LogP contribution in [0.5, 0.6) is 0 Å². The van der Waals surface area contributed by atoms with Gasteiger partial charge < -0.3 is 5.11 Å². The van der Waals surface area contributed by atoms with Crippen LogP contribution in [0.15, 0.2) is 41.3 Å². The molecule has 0 aliphatic rings. The topological polar surface area (TPSA) is 85.1 Å². The van der Waals surface area contributed by atoms with Crippen molar-refractivity contribution in [2.45, 2.75) is 13.0 Å². The Morgan fingerprint density at radius 3 is 2.61 bits per heavy atom. The van der Waals surface area contributed by atoms with Crippen LogP contribution in [-0.4, -0.2) is 25.8 Å². The molecule has 0 saturated carbocycles. The van der Waals surface area contributed by atoms with Crippen LogP contribution >= 0.6 is 0 Å². The summed E-state index contributed by atoms with van der Waals surface area (Å²) in [6, 6.07) is 9.20. The van der Waals surface area contributed by atoms with Gasteiger partial charge in [-0.15, -0.1) is 0 Å². The van der Waals surface area contributed by atoms with Crippen LogP contribution in [0.3, 0.4) is 0 Å². The number of rotatable bonds is 4. The minimum absolute atomic E-state index is 0.0240. The summed E-state index contributed by atoms with van der Waals surface area (Å²) in [6.45, 7) is 0.0240. The van der Waals surface area contributed by atoms with Crippen molar-refractivity contribution in [1.29, 1.82) is 0 Å². The Labute approximate surface area is 103 Å². The molecule has 2 rings (SSSR count). The van der Waals surface area contributed by atoms with Crippen LogP contribution in [0.4, 0.5) is 0 Å². The molecule has 0 saturated heterocycles. The largest absolute Gasteiger partial charge is 0.481 e. The molecule has 0 aliphatic heterocycles. The first kappa shape index (κ1) is 12.0. The molecule has 0 bridgehead atoms. The molecule has 6 nitrogen and oxygen atoms in total. The highest BCUT2D eigenvalue weighted by Gasteiger charge is 2.05. The van der Waals surface area contributed by atoms with E-state index in [0.29, 0.717) is 5.69 Å². The Bertz CT molecular complexity index is 607. The van der Waals surface area contributed by atoms with Crippen molar-refractivity contribution in [2.24, 2.45) is 0 Å². The molecule has 0 atom stereocenters. The third-order valence-electron chi connectivity index (χ3n) is 2.36. The van der Waals surface area contributed by atoms with E-state index in [4.69, 9.17) is 5.11 Å². The lowest BCUT2D eigenvalue weighted by Crippen LogP contribution is -2.26. The van der Waals surface area contributed by atoms with Crippen molar-refractivity contribution in [2.75, 3.05) is 0 Å². The maximum atomic E-state index is 11.6. The zero-order chi connectivity index (χ0) is 13.0. The summed E-state index contributed by atoms with van der Waals surface area (Å²) in [7, 11) is 0. The summed E-state index contributed by atoms with van der Waals surface area (Å²) in [5, 5.41) is 12.4. The van der Waals surface area contributed by atoms with E-state index in [2.05, 4.69) is 10.1 Å². The number of aromatic nitrogens is 3. The lowest BCUT2D eigenvalue weighted by molar-refractivity contribution is -0.137. The number of carboxylic acids is 1. The predicted molar refractivity (Wildman–Crippen MR) is 64.0 cm³/mol. The van der Waals surface area contributed by atoms with E-state index in [0.717, 1.165) is 10.2 Å². The normalized spacial score (nSPS) is 10.2. The number of carboxylic acid groups (broad SMARTS) is 1. The summed E-state index contributed by atoms with van der Waals surface area (Å²) in [6.07, 6.45) is 1.30. The van der Waals surface area contributed by atoms with Gasteiger partial charge in [0.1, 0.15) is 0 Å². The van der Waals surface area contributed by atoms with Crippen LogP contribution in [0.1, 0.15) is 6.42 Å². The molecule has 0 fully saturated rings. The number of nitrogens with zero attached hydrogens (tertiary/aromatic N) is 3. The average Bonchev–Trinajstić information content (AvgIpc) is 2.38. The molecular formula is C12H11N3O3. The predicted octanol–water partition coefficient (Wildman–Crippen LogP) is 0.780. The standard InChI is InChI=1S/C12H11N3O3/c16-11(17)6-7-15-12(18)14-10(8-13-15)9-4-2-1-3-5-9/h1-5,8H,6-7H2,(H,16,17). The molecule has 0 aliphatic carbocycles. The van der Waals surface area contributed by atoms with Crippen molar-refractivity contribution >= 4 is 5.97 Å². The number of aryl methyl sites for hydroxylation is 1. The molecular weight excluding hydrogens is 234 g/mol. The van der Waals surface area contributed by atoms with E-state index in [1.54, 1.807) is 0 Å².